The van der Waals surface area contributed by atoms with Crippen molar-refractivity contribution in [3.8, 4) is 11.8 Å². The topological polar surface area (TPSA) is 154 Å². The van der Waals surface area contributed by atoms with Crippen molar-refractivity contribution in [2.75, 3.05) is 18.0 Å². The smallest absolute Gasteiger partial charge is 0.332 e. The van der Waals surface area contributed by atoms with Gasteiger partial charge in [0.1, 0.15) is 5.82 Å². The summed E-state index contributed by atoms with van der Waals surface area (Å²) in [7, 11) is 1.63. The Labute approximate surface area is 313 Å². The number of para-hydroxylation sites is 1. The molecule has 0 spiro atoms. The summed E-state index contributed by atoms with van der Waals surface area (Å²) in [6, 6.07) is 7.71. The van der Waals surface area contributed by atoms with E-state index in [2.05, 4.69) is 33.6 Å². The Morgan fingerprint density at radius 2 is 1.57 bits per heavy atom. The highest BCUT2D eigenvalue weighted by Gasteiger charge is 2.26. The molecule has 1 saturated heterocycles. The van der Waals surface area contributed by atoms with Crippen molar-refractivity contribution in [2.24, 2.45) is 12.8 Å². The number of aryl methyl sites for hydroxylation is 2. The summed E-state index contributed by atoms with van der Waals surface area (Å²) < 4.78 is 4.39. The highest BCUT2D eigenvalue weighted by atomic mass is 16.4. The molecule has 0 unspecified atom stereocenters. The molecule has 0 amide bonds. The van der Waals surface area contributed by atoms with Crippen LogP contribution < -0.4 is 21.9 Å². The van der Waals surface area contributed by atoms with Crippen LogP contribution in [0.1, 0.15) is 128 Å². The van der Waals surface area contributed by atoms with E-state index >= 15 is 0 Å². The van der Waals surface area contributed by atoms with Crippen molar-refractivity contribution in [1.29, 1.82) is 0 Å². The first kappa shape index (κ1) is 41.3. The van der Waals surface area contributed by atoms with Crippen molar-refractivity contribution in [3.05, 3.63) is 56.6 Å². The first-order valence-corrected chi connectivity index (χ1v) is 19.7. The zero-order chi connectivity index (χ0) is 38.2. The van der Waals surface area contributed by atoms with E-state index in [9.17, 15) is 14.4 Å². The predicted octanol–water partition coefficient (Wildman–Crippen LogP) is 6.70. The molecule has 4 aromatic rings. The van der Waals surface area contributed by atoms with Crippen molar-refractivity contribution < 1.29 is 9.90 Å². The van der Waals surface area contributed by atoms with Crippen LogP contribution in [0.15, 0.2) is 33.9 Å². The van der Waals surface area contributed by atoms with E-state index in [1.165, 1.54) is 79.8 Å². The molecule has 1 fully saturated rings. The summed E-state index contributed by atoms with van der Waals surface area (Å²) in [5.41, 5.74) is 7.54. The van der Waals surface area contributed by atoms with Gasteiger partial charge in [0, 0.05) is 43.7 Å². The third-order valence-electron chi connectivity index (χ3n) is 10.0. The molecule has 5 rings (SSSR count). The summed E-state index contributed by atoms with van der Waals surface area (Å²) >= 11 is 0. The maximum Gasteiger partial charge on any atom is 0.332 e. The van der Waals surface area contributed by atoms with E-state index in [4.69, 9.17) is 15.8 Å². The van der Waals surface area contributed by atoms with Crippen molar-refractivity contribution in [3.63, 3.8) is 0 Å². The number of hydrogen-bond acceptors (Lipinski definition) is 8. The Morgan fingerprint density at radius 3 is 2.19 bits per heavy atom. The van der Waals surface area contributed by atoms with E-state index in [-0.39, 0.29) is 19.1 Å². The van der Waals surface area contributed by atoms with Crippen LogP contribution in [0, 0.1) is 18.8 Å². The number of rotatable bonds is 18. The van der Waals surface area contributed by atoms with Gasteiger partial charge in [-0.25, -0.2) is 14.8 Å². The fourth-order valence-electron chi connectivity index (χ4n) is 7.04. The maximum absolute atomic E-state index is 13.7. The molecule has 3 N–H and O–H groups in total. The second kappa shape index (κ2) is 21.3. The Kier molecular flexibility index (Phi) is 16.6. The Hall–Kier alpha value is -4.50. The number of benzene rings is 1. The molecular formula is C41H60N8O4. The van der Waals surface area contributed by atoms with Crippen LogP contribution in [-0.2, 0) is 24.9 Å². The monoisotopic (exact) mass is 728 g/mol. The first-order valence-electron chi connectivity index (χ1n) is 19.7. The lowest BCUT2D eigenvalue weighted by molar-refractivity contribution is -0.137. The molecule has 12 heteroatoms. The number of aliphatic carboxylic acids is 1. The van der Waals surface area contributed by atoms with Gasteiger partial charge in [0.15, 0.2) is 11.2 Å². The molecular weight excluding hydrogens is 669 g/mol. The predicted molar refractivity (Wildman–Crippen MR) is 213 cm³/mol. The molecule has 1 atom stereocenters. The van der Waals surface area contributed by atoms with Gasteiger partial charge < -0.3 is 15.7 Å². The fourth-order valence-corrected chi connectivity index (χ4v) is 7.04. The Bertz CT molecular complexity index is 1970. The van der Waals surface area contributed by atoms with Crippen LogP contribution in [0.3, 0.4) is 0 Å². The van der Waals surface area contributed by atoms with Crippen LogP contribution in [0.2, 0.25) is 0 Å². The SMILES string of the molecule is CC#CCn1c(N2CCC[C@@H](N)C2)nc2c1c(=O)n(Cc1nc(C)c3ccccc3n1)c(=O)n2C.CCCCCCCCCCCCCCCC(=O)O. The number of piperidine rings is 1. The van der Waals surface area contributed by atoms with Gasteiger partial charge in [-0.15, -0.1) is 5.92 Å². The van der Waals surface area contributed by atoms with Gasteiger partial charge in [-0.3, -0.25) is 23.3 Å². The second-order valence-electron chi connectivity index (χ2n) is 14.3. The van der Waals surface area contributed by atoms with Crippen molar-refractivity contribution >= 4 is 34.0 Å². The highest BCUT2D eigenvalue weighted by Crippen LogP contribution is 2.23. The number of fused-ring (bicyclic) bond motifs is 2. The zero-order valence-corrected chi connectivity index (χ0v) is 32.4. The average Bonchev–Trinajstić information content (AvgIpc) is 3.53. The summed E-state index contributed by atoms with van der Waals surface area (Å²) in [5, 5.41) is 9.43. The Balaban J connectivity index is 0.000000297. The number of carbonyl (C=O) groups is 1. The summed E-state index contributed by atoms with van der Waals surface area (Å²) in [6.07, 6.45) is 19.2. The van der Waals surface area contributed by atoms with Crippen LogP contribution >= 0.6 is 0 Å². The van der Waals surface area contributed by atoms with E-state index in [0.29, 0.717) is 35.9 Å². The molecule has 0 bridgehead atoms. The van der Waals surface area contributed by atoms with E-state index in [1.807, 2.05) is 31.2 Å². The molecule has 1 aliphatic rings. The van der Waals surface area contributed by atoms with Gasteiger partial charge >= 0.3 is 11.7 Å². The van der Waals surface area contributed by atoms with Crippen molar-refractivity contribution in [2.45, 2.75) is 143 Å². The molecule has 12 nitrogen and oxygen atoms in total. The van der Waals surface area contributed by atoms with Gasteiger partial charge in [0.2, 0.25) is 5.95 Å². The quantitative estimate of drug-likeness (QED) is 0.0842. The van der Waals surface area contributed by atoms with Crippen LogP contribution in [0.25, 0.3) is 22.1 Å². The third kappa shape index (κ3) is 11.7. The van der Waals surface area contributed by atoms with E-state index in [0.717, 1.165) is 48.8 Å². The molecule has 1 aliphatic heterocycles. The third-order valence-corrected chi connectivity index (χ3v) is 10.0. The average molecular weight is 729 g/mol. The summed E-state index contributed by atoms with van der Waals surface area (Å²) in [6.45, 7) is 7.57. The van der Waals surface area contributed by atoms with Gasteiger partial charge in [-0.05, 0) is 39.2 Å². The lowest BCUT2D eigenvalue weighted by Crippen LogP contribution is -2.44. The minimum absolute atomic E-state index is 0.0306. The maximum atomic E-state index is 13.7. The second-order valence-corrected chi connectivity index (χ2v) is 14.3. The largest absolute Gasteiger partial charge is 0.481 e. The molecule has 0 radical (unpaired) electrons. The number of nitrogens with two attached hydrogens (primary N) is 1. The number of carboxylic acid groups (broad SMARTS) is 1. The lowest BCUT2D eigenvalue weighted by atomic mass is 10.0. The van der Waals surface area contributed by atoms with E-state index < -0.39 is 17.2 Å². The van der Waals surface area contributed by atoms with Gasteiger partial charge in [0.05, 0.1) is 18.6 Å². The number of nitrogens with zero attached hydrogens (tertiary/aromatic N) is 7. The lowest BCUT2D eigenvalue weighted by Gasteiger charge is -2.31. The standard InChI is InChI=1S/C25H28N8O2.C16H32O2/c1-4-5-13-32-21-22(29-24(32)31-12-8-9-17(26)14-31)30(3)25(35)33(23(21)34)15-20-27-16(2)18-10-6-7-11-19(18)28-20;1-2-3-4-5-6-7-8-9-10-11-12-13-14-15-16(17)18/h6-7,10-11,17H,8-9,12-15,26H2,1-3H3;2-15H2,1H3,(H,17,18)/t17-;/m1./s1. The van der Waals surface area contributed by atoms with Crippen molar-refractivity contribution in [1.82, 2.24) is 28.7 Å². The van der Waals surface area contributed by atoms with Crippen LogP contribution in [0.5, 0.6) is 0 Å². The first-order chi connectivity index (χ1) is 25.7. The molecule has 0 saturated carbocycles. The van der Waals surface area contributed by atoms with E-state index in [1.54, 1.807) is 18.5 Å². The minimum Gasteiger partial charge on any atom is -0.481 e. The number of anilines is 1. The molecule has 3 aromatic heterocycles. The normalized spacial score (nSPS) is 14.2. The van der Waals surface area contributed by atoms with Gasteiger partial charge in [-0.1, -0.05) is 108 Å². The number of hydrogen-bond donors (Lipinski definition) is 2. The molecule has 288 valence electrons. The molecule has 1 aromatic carbocycles. The molecule has 0 aliphatic carbocycles. The number of unbranched alkanes of at least 4 members (excludes halogenated alkanes) is 12. The summed E-state index contributed by atoms with van der Waals surface area (Å²) in [5.74, 6) is 6.30. The zero-order valence-electron chi connectivity index (χ0n) is 32.4. The van der Waals surface area contributed by atoms with Gasteiger partial charge in [0.25, 0.3) is 5.56 Å². The van der Waals surface area contributed by atoms with Crippen LogP contribution in [-0.4, -0.2) is 58.9 Å². The molecule has 53 heavy (non-hydrogen) atoms. The summed E-state index contributed by atoms with van der Waals surface area (Å²) in [4.78, 5) is 53.3. The molecule has 4 heterocycles. The van der Waals surface area contributed by atoms with Gasteiger partial charge in [-0.2, -0.15) is 4.98 Å². The minimum atomic E-state index is -0.655. The fraction of sp³-hybridized carbons (Fsp3) is 0.610. The Morgan fingerprint density at radius 1 is 0.925 bits per heavy atom. The van der Waals surface area contributed by atoms with Crippen LogP contribution in [0.4, 0.5) is 5.95 Å². The number of aromatic nitrogens is 6. The number of imidazole rings is 1. The number of carboxylic acids is 1. The highest BCUT2D eigenvalue weighted by molar-refractivity contribution is 5.80.